The molecule has 0 amide bonds. The summed E-state index contributed by atoms with van der Waals surface area (Å²) >= 11 is 0. The Kier molecular flexibility index (Phi) is 10.5. The fraction of sp³-hybridized carbons (Fsp3) is 0.143. The molecule has 7 aliphatic rings. The van der Waals surface area contributed by atoms with Crippen LogP contribution in [-0.2, 0) is 16.2 Å². The molecule has 0 saturated heterocycles. The lowest BCUT2D eigenvalue weighted by Crippen LogP contribution is -2.20. The highest BCUT2D eigenvalue weighted by atomic mass is 14.9. The molecular weight excluding hydrogens is 925 g/mol. The number of nitrogens with zero attached hydrogens (tertiary/aromatic N) is 6. The van der Waals surface area contributed by atoms with Crippen LogP contribution in [0.1, 0.15) is 110 Å². The molecule has 0 radical (unpaired) electrons. The molecule has 6 aromatic rings. The Morgan fingerprint density at radius 2 is 0.387 bits per heavy atom. The van der Waals surface area contributed by atoms with Crippen LogP contribution in [0.15, 0.2) is 210 Å². The van der Waals surface area contributed by atoms with Crippen LogP contribution in [0.3, 0.4) is 0 Å². The van der Waals surface area contributed by atoms with Gasteiger partial charge in [-0.1, -0.05) is 0 Å². The Balaban J connectivity index is 0.792. The third kappa shape index (κ3) is 8.69. The van der Waals surface area contributed by atoms with E-state index in [0.717, 1.165) is 137 Å². The van der Waals surface area contributed by atoms with Crippen LogP contribution < -0.4 is 0 Å². The maximum atomic E-state index is 4.94. The molecular formula is C63H54N12. The van der Waals surface area contributed by atoms with Crippen LogP contribution in [0, 0.1) is 0 Å². The van der Waals surface area contributed by atoms with Gasteiger partial charge >= 0.3 is 0 Å². The molecule has 7 aliphatic heterocycles. The van der Waals surface area contributed by atoms with E-state index in [4.69, 9.17) is 30.0 Å². The number of aliphatic imine (C=N–C) groups is 6. The fourth-order valence-corrected chi connectivity index (χ4v) is 10.2. The smallest absolute Gasteiger partial charge is 0.0894 e. The van der Waals surface area contributed by atoms with Crippen LogP contribution in [0.5, 0.6) is 0 Å². The van der Waals surface area contributed by atoms with Gasteiger partial charge < -0.3 is 29.9 Å². The number of hydrogen-bond acceptors (Lipinski definition) is 6. The summed E-state index contributed by atoms with van der Waals surface area (Å²) in [4.78, 5) is 51.6. The highest BCUT2D eigenvalue weighted by Gasteiger charge is 2.29. The van der Waals surface area contributed by atoms with Gasteiger partial charge in [0.2, 0.25) is 0 Å². The van der Waals surface area contributed by atoms with Crippen molar-refractivity contribution in [2.24, 2.45) is 30.0 Å². The van der Waals surface area contributed by atoms with Crippen LogP contribution in [-0.4, -0.2) is 64.2 Å². The van der Waals surface area contributed by atoms with E-state index in [-0.39, 0.29) is 16.2 Å². The van der Waals surface area contributed by atoms with Crippen LogP contribution in [0.2, 0.25) is 0 Å². The summed E-state index contributed by atoms with van der Waals surface area (Å²) in [5.41, 5.74) is 21.6. The second kappa shape index (κ2) is 17.4. The molecule has 12 nitrogen and oxygen atoms in total. The van der Waals surface area contributed by atoms with E-state index in [1.165, 1.54) is 0 Å². The van der Waals surface area contributed by atoms with Crippen LogP contribution in [0.4, 0.5) is 0 Å². The van der Waals surface area contributed by atoms with Crippen molar-refractivity contribution in [1.82, 2.24) is 29.9 Å². The predicted molar refractivity (Wildman–Crippen MR) is 308 cm³/mol. The Bertz CT molecular complexity index is 3340. The van der Waals surface area contributed by atoms with E-state index < -0.39 is 0 Å². The minimum Gasteiger partial charge on any atom is -0.358 e. The maximum Gasteiger partial charge on any atom is 0.0894 e. The Morgan fingerprint density at radius 3 is 0.547 bits per heavy atom. The molecule has 13 rings (SSSR count). The van der Waals surface area contributed by atoms with Crippen molar-refractivity contribution in [3.05, 3.63) is 248 Å². The number of aromatic nitrogens is 6. The standard InChI is InChI=1S/C63H54N12/c1-61(2)55-25-13-43(70-55)31-37-7-19-49(64-37)51-21-9-39(66-51)33-45-15-27-57(72-45)62(3,4)59-29-17-47(74-59)35-41-11-23-53(68-41)54-24-12-42(69-54)36-48-18-30-60(75-48)63(5,6)58-28-16-46(73-58)34-40-10-22-52(67-40)50-20-8-38(65-50)32-44-14-26-56(61)71-44/h7-36,70-75H,1-6H3. The van der Waals surface area contributed by atoms with Crippen LogP contribution >= 0.6 is 0 Å². The average Bonchev–Trinajstić information content (AvgIpc) is 4.23. The van der Waals surface area contributed by atoms with Gasteiger partial charge in [0.05, 0.1) is 68.5 Å². The first-order valence-electron chi connectivity index (χ1n) is 25.3. The van der Waals surface area contributed by atoms with Gasteiger partial charge in [-0.25, -0.2) is 30.0 Å². The summed E-state index contributed by atoms with van der Waals surface area (Å²) in [5.74, 6) is 0. The zero-order valence-corrected chi connectivity index (χ0v) is 42.5. The fourth-order valence-electron chi connectivity index (χ4n) is 10.2. The van der Waals surface area contributed by atoms with Gasteiger partial charge in [0.1, 0.15) is 0 Å². The normalized spacial score (nSPS) is 19.8. The molecule has 0 spiro atoms. The number of fused-ring (bicyclic) bond motifs is 21. The first-order chi connectivity index (χ1) is 36.2. The van der Waals surface area contributed by atoms with E-state index in [1.807, 2.05) is 72.9 Å². The maximum absolute atomic E-state index is 4.94. The quantitative estimate of drug-likeness (QED) is 0.0853. The summed E-state index contributed by atoms with van der Waals surface area (Å²) in [5, 5.41) is 0. The summed E-state index contributed by atoms with van der Waals surface area (Å²) in [6, 6.07) is 25.5. The molecule has 6 N–H and O–H groups in total. The van der Waals surface area contributed by atoms with Gasteiger partial charge in [-0.2, -0.15) is 0 Å². The summed E-state index contributed by atoms with van der Waals surface area (Å²) in [7, 11) is 0. The van der Waals surface area contributed by atoms with Crippen molar-refractivity contribution >= 4 is 70.7 Å². The SMILES string of the molecule is CC1(C)c2ccc([nH]2)C=C2C=CC(=N2)C2=NC(=Cc3ccc([nH]3)C(C)(C)c3ccc([nH]3)C=C3C=CC(=N3)C3=NC(=Cc4ccc([nH]4)C(C)(C)c4ccc([nH]4)C=C4C=CC(=N4)C4=NC(=Cc5ccc1[nH]5)C=C4)C=C3)C=C2. The van der Waals surface area contributed by atoms with Gasteiger partial charge in [0.15, 0.2) is 0 Å². The van der Waals surface area contributed by atoms with Crippen molar-refractivity contribution in [2.45, 2.75) is 57.8 Å². The van der Waals surface area contributed by atoms with Gasteiger partial charge in [-0.3, -0.25) is 0 Å². The molecule has 0 aromatic carbocycles. The average molecular weight is 979 g/mol. The molecule has 0 atom stereocenters. The molecule has 6 aromatic heterocycles. The van der Waals surface area contributed by atoms with Crippen molar-refractivity contribution in [1.29, 1.82) is 0 Å². The molecule has 0 fully saturated rings. The zero-order chi connectivity index (χ0) is 51.1. The molecule has 0 unspecified atom stereocenters. The largest absolute Gasteiger partial charge is 0.358 e. The zero-order valence-electron chi connectivity index (χ0n) is 42.5. The molecule has 0 saturated carbocycles. The second-order valence-corrected chi connectivity index (χ2v) is 21.2. The lowest BCUT2D eigenvalue weighted by atomic mass is 9.86. The van der Waals surface area contributed by atoms with Crippen molar-refractivity contribution < 1.29 is 0 Å². The van der Waals surface area contributed by atoms with E-state index in [1.54, 1.807) is 0 Å². The van der Waals surface area contributed by atoms with Crippen molar-refractivity contribution in [3.63, 3.8) is 0 Å². The lowest BCUT2D eigenvalue weighted by molar-refractivity contribution is 0.602. The number of nitrogens with one attached hydrogen (secondary N) is 6. The van der Waals surface area contributed by atoms with E-state index in [2.05, 4.69) is 181 Å². The van der Waals surface area contributed by atoms with E-state index in [0.29, 0.717) is 0 Å². The Hall–Kier alpha value is -9.42. The van der Waals surface area contributed by atoms with Gasteiger partial charge in [0, 0.05) is 84.6 Å². The second-order valence-electron chi connectivity index (χ2n) is 21.2. The molecule has 24 bridgehead atoms. The first-order valence-corrected chi connectivity index (χ1v) is 25.3. The third-order valence-electron chi connectivity index (χ3n) is 14.9. The van der Waals surface area contributed by atoms with Crippen molar-refractivity contribution in [3.8, 4) is 0 Å². The molecule has 13 heterocycles. The Morgan fingerprint density at radius 1 is 0.227 bits per heavy atom. The first kappa shape index (κ1) is 45.4. The minimum atomic E-state index is -0.323. The topological polar surface area (TPSA) is 169 Å². The molecule has 366 valence electrons. The third-order valence-corrected chi connectivity index (χ3v) is 14.9. The van der Waals surface area contributed by atoms with Gasteiger partial charge in [0.25, 0.3) is 0 Å². The molecule has 0 aliphatic carbocycles. The van der Waals surface area contributed by atoms with E-state index in [9.17, 15) is 0 Å². The van der Waals surface area contributed by atoms with E-state index >= 15 is 0 Å². The monoisotopic (exact) mass is 978 g/mol. The Labute approximate surface area is 434 Å². The number of H-pyrrole nitrogens is 6. The van der Waals surface area contributed by atoms with Gasteiger partial charge in [-0.15, -0.1) is 0 Å². The highest BCUT2D eigenvalue weighted by molar-refractivity contribution is 6.53. The number of rotatable bonds is 0. The highest BCUT2D eigenvalue weighted by Crippen LogP contribution is 2.35. The predicted octanol–water partition coefficient (Wildman–Crippen LogP) is 13.2. The summed E-state index contributed by atoms with van der Waals surface area (Å²) in [6.45, 7) is 13.3. The molecule has 12 heteroatoms. The van der Waals surface area contributed by atoms with Gasteiger partial charge in [-0.05, 0) is 224 Å². The number of allylic oxidation sites excluding steroid dienone is 12. The number of aromatic amines is 6. The minimum absolute atomic E-state index is 0.323. The van der Waals surface area contributed by atoms with Crippen molar-refractivity contribution in [2.75, 3.05) is 0 Å². The number of hydrogen-bond donors (Lipinski definition) is 6. The summed E-state index contributed by atoms with van der Waals surface area (Å²) in [6.07, 6.45) is 36.8. The summed E-state index contributed by atoms with van der Waals surface area (Å²) < 4.78 is 0. The van der Waals surface area contributed by atoms with Crippen LogP contribution in [0.25, 0.3) is 36.5 Å². The lowest BCUT2D eigenvalue weighted by Gasteiger charge is -2.22. The molecule has 75 heavy (non-hydrogen) atoms.